The first-order chi connectivity index (χ1) is 11.8. The van der Waals surface area contributed by atoms with Crippen molar-refractivity contribution in [3.05, 3.63) is 23.8 Å². The SMILES string of the molecule is CCC[C@@H](C)NC(=O)Nc1ccc(C)c(NC(=O)N[C@H](C)CCC)c1. The standard InChI is InChI=1S/C19H32N4O2/c1-6-8-14(4)20-18(24)22-16-11-10-13(3)17(12-16)23-19(25)21-15(5)9-7-2/h10-12,14-15H,6-9H2,1-5H3,(H2,20,22,24)(H2,21,23,25)/t14-,15-/m1/s1. The molecule has 0 aliphatic rings. The van der Waals surface area contributed by atoms with Crippen molar-refractivity contribution in [2.75, 3.05) is 10.6 Å². The minimum Gasteiger partial charge on any atom is -0.335 e. The lowest BCUT2D eigenvalue weighted by molar-refractivity contribution is 0.248. The van der Waals surface area contributed by atoms with Crippen LogP contribution in [0.3, 0.4) is 0 Å². The predicted octanol–water partition coefficient (Wildman–Crippen LogP) is 4.62. The molecule has 0 aliphatic heterocycles. The lowest BCUT2D eigenvalue weighted by Gasteiger charge is -2.16. The summed E-state index contributed by atoms with van der Waals surface area (Å²) < 4.78 is 0. The van der Waals surface area contributed by atoms with Crippen LogP contribution in [0.1, 0.15) is 58.9 Å². The van der Waals surface area contributed by atoms with Crippen molar-refractivity contribution in [3.63, 3.8) is 0 Å². The largest absolute Gasteiger partial charge is 0.335 e. The van der Waals surface area contributed by atoms with E-state index in [1.165, 1.54) is 0 Å². The number of hydrogen-bond acceptors (Lipinski definition) is 2. The molecular formula is C19H32N4O2. The zero-order valence-electron chi connectivity index (χ0n) is 16.0. The number of urea groups is 2. The summed E-state index contributed by atoms with van der Waals surface area (Å²) in [5.74, 6) is 0. The third kappa shape index (κ3) is 7.92. The zero-order chi connectivity index (χ0) is 18.8. The van der Waals surface area contributed by atoms with Crippen molar-refractivity contribution in [2.45, 2.75) is 72.4 Å². The fraction of sp³-hybridized carbons (Fsp3) is 0.579. The number of hydrogen-bond donors (Lipinski definition) is 4. The molecule has 4 amide bonds. The Kier molecular flexibility index (Phi) is 8.81. The van der Waals surface area contributed by atoms with Crippen LogP contribution in [-0.2, 0) is 0 Å². The number of amides is 4. The summed E-state index contributed by atoms with van der Waals surface area (Å²) in [5.41, 5.74) is 2.26. The highest BCUT2D eigenvalue weighted by atomic mass is 16.2. The summed E-state index contributed by atoms with van der Waals surface area (Å²) >= 11 is 0. The molecule has 0 radical (unpaired) electrons. The lowest BCUT2D eigenvalue weighted by atomic mass is 10.1. The van der Waals surface area contributed by atoms with E-state index >= 15 is 0 Å². The van der Waals surface area contributed by atoms with Gasteiger partial charge in [-0.3, -0.25) is 0 Å². The van der Waals surface area contributed by atoms with E-state index in [0.717, 1.165) is 31.2 Å². The maximum Gasteiger partial charge on any atom is 0.319 e. The van der Waals surface area contributed by atoms with Crippen LogP contribution in [0.4, 0.5) is 21.0 Å². The molecule has 0 unspecified atom stereocenters. The Bertz CT molecular complexity index is 575. The second-order valence-corrected chi connectivity index (χ2v) is 6.61. The number of carbonyl (C=O) groups excluding carboxylic acids is 2. The number of benzene rings is 1. The van der Waals surface area contributed by atoms with Gasteiger partial charge in [0.1, 0.15) is 0 Å². The molecule has 140 valence electrons. The Morgan fingerprint density at radius 2 is 1.44 bits per heavy atom. The molecule has 2 atom stereocenters. The molecule has 0 heterocycles. The molecule has 1 aromatic rings. The zero-order valence-corrected chi connectivity index (χ0v) is 16.0. The second kappa shape index (κ2) is 10.6. The fourth-order valence-electron chi connectivity index (χ4n) is 2.62. The third-order valence-corrected chi connectivity index (χ3v) is 3.94. The van der Waals surface area contributed by atoms with Crippen LogP contribution >= 0.6 is 0 Å². The van der Waals surface area contributed by atoms with Crippen molar-refractivity contribution in [2.24, 2.45) is 0 Å². The molecule has 1 rings (SSSR count). The number of rotatable bonds is 8. The molecular weight excluding hydrogens is 316 g/mol. The number of nitrogens with one attached hydrogen (secondary N) is 4. The second-order valence-electron chi connectivity index (χ2n) is 6.61. The van der Waals surface area contributed by atoms with Crippen LogP contribution in [0.15, 0.2) is 18.2 Å². The summed E-state index contributed by atoms with van der Waals surface area (Å²) in [4.78, 5) is 24.1. The molecule has 6 heteroatoms. The van der Waals surface area contributed by atoms with Crippen LogP contribution in [0.5, 0.6) is 0 Å². The van der Waals surface area contributed by atoms with Crippen molar-refractivity contribution in [1.29, 1.82) is 0 Å². The van der Waals surface area contributed by atoms with Gasteiger partial charge in [-0.05, 0) is 51.3 Å². The highest BCUT2D eigenvalue weighted by Crippen LogP contribution is 2.20. The summed E-state index contributed by atoms with van der Waals surface area (Å²) in [7, 11) is 0. The van der Waals surface area contributed by atoms with Gasteiger partial charge in [-0.2, -0.15) is 0 Å². The quantitative estimate of drug-likeness (QED) is 0.553. The number of anilines is 2. The van der Waals surface area contributed by atoms with Gasteiger partial charge in [-0.15, -0.1) is 0 Å². The maximum absolute atomic E-state index is 12.1. The molecule has 1 aromatic carbocycles. The van der Waals surface area contributed by atoms with Crippen LogP contribution in [-0.4, -0.2) is 24.1 Å². The van der Waals surface area contributed by atoms with Crippen LogP contribution in [0.25, 0.3) is 0 Å². The Morgan fingerprint density at radius 3 is 1.96 bits per heavy atom. The first kappa shape index (κ1) is 20.8. The van der Waals surface area contributed by atoms with E-state index in [0.29, 0.717) is 11.4 Å². The van der Waals surface area contributed by atoms with Crippen molar-refractivity contribution in [1.82, 2.24) is 10.6 Å². The van der Waals surface area contributed by atoms with Crippen molar-refractivity contribution >= 4 is 23.4 Å². The predicted molar refractivity (Wildman–Crippen MR) is 104 cm³/mol. The third-order valence-electron chi connectivity index (χ3n) is 3.94. The lowest BCUT2D eigenvalue weighted by Crippen LogP contribution is -2.36. The van der Waals surface area contributed by atoms with Gasteiger partial charge < -0.3 is 21.3 Å². The highest BCUT2D eigenvalue weighted by molar-refractivity contribution is 5.93. The molecule has 25 heavy (non-hydrogen) atoms. The van der Waals surface area contributed by atoms with Gasteiger partial charge in [0.05, 0.1) is 0 Å². The summed E-state index contributed by atoms with van der Waals surface area (Å²) in [6.45, 7) is 10.0. The smallest absolute Gasteiger partial charge is 0.319 e. The molecule has 0 saturated carbocycles. The highest BCUT2D eigenvalue weighted by Gasteiger charge is 2.10. The molecule has 0 aliphatic carbocycles. The number of aryl methyl sites for hydroxylation is 1. The first-order valence-electron chi connectivity index (χ1n) is 9.11. The molecule has 0 spiro atoms. The summed E-state index contributed by atoms with van der Waals surface area (Å²) in [6, 6.07) is 5.23. The normalized spacial score (nSPS) is 12.8. The van der Waals surface area contributed by atoms with E-state index < -0.39 is 0 Å². The van der Waals surface area contributed by atoms with Gasteiger partial charge in [0.15, 0.2) is 0 Å². The average molecular weight is 348 g/mol. The monoisotopic (exact) mass is 348 g/mol. The Hall–Kier alpha value is -2.24. The van der Waals surface area contributed by atoms with Crippen LogP contribution in [0.2, 0.25) is 0 Å². The maximum atomic E-state index is 12.1. The number of carbonyl (C=O) groups is 2. The van der Waals surface area contributed by atoms with Gasteiger partial charge in [-0.1, -0.05) is 32.8 Å². The molecule has 0 saturated heterocycles. The fourth-order valence-corrected chi connectivity index (χ4v) is 2.62. The molecule has 6 nitrogen and oxygen atoms in total. The van der Waals surface area contributed by atoms with E-state index in [9.17, 15) is 9.59 Å². The van der Waals surface area contributed by atoms with Crippen LogP contribution < -0.4 is 21.3 Å². The summed E-state index contributed by atoms with van der Waals surface area (Å²) in [6.07, 6.45) is 3.91. The molecule has 0 fully saturated rings. The van der Waals surface area contributed by atoms with Gasteiger partial charge >= 0.3 is 12.1 Å². The van der Waals surface area contributed by atoms with E-state index in [1.54, 1.807) is 6.07 Å². The van der Waals surface area contributed by atoms with E-state index in [4.69, 9.17) is 0 Å². The Labute approximate surface area is 151 Å². The van der Waals surface area contributed by atoms with E-state index in [1.807, 2.05) is 32.9 Å². The average Bonchev–Trinajstić information content (AvgIpc) is 2.50. The van der Waals surface area contributed by atoms with Crippen molar-refractivity contribution in [3.8, 4) is 0 Å². The molecule has 4 N–H and O–H groups in total. The Morgan fingerprint density at radius 1 is 0.920 bits per heavy atom. The van der Waals surface area contributed by atoms with Crippen LogP contribution in [0, 0.1) is 6.92 Å². The van der Waals surface area contributed by atoms with Gasteiger partial charge in [0, 0.05) is 23.5 Å². The van der Waals surface area contributed by atoms with Crippen molar-refractivity contribution < 1.29 is 9.59 Å². The minimum absolute atomic E-state index is 0.123. The Balaban J connectivity index is 2.66. The summed E-state index contributed by atoms with van der Waals surface area (Å²) in [5, 5.41) is 11.5. The molecule has 0 bridgehead atoms. The molecule has 0 aromatic heterocycles. The first-order valence-corrected chi connectivity index (χ1v) is 9.11. The van der Waals surface area contributed by atoms with Gasteiger partial charge in [0.2, 0.25) is 0 Å². The minimum atomic E-state index is -0.239. The van der Waals surface area contributed by atoms with E-state index in [2.05, 4.69) is 35.1 Å². The van der Waals surface area contributed by atoms with E-state index in [-0.39, 0.29) is 24.1 Å². The van der Waals surface area contributed by atoms with Gasteiger partial charge in [0.25, 0.3) is 0 Å². The topological polar surface area (TPSA) is 82.3 Å². The van der Waals surface area contributed by atoms with Gasteiger partial charge in [-0.25, -0.2) is 9.59 Å².